The third-order valence-electron chi connectivity index (χ3n) is 9.65. The monoisotopic (exact) mass is 679 g/mol. The Hall–Kier alpha value is -3.82. The van der Waals surface area contributed by atoms with E-state index in [1.54, 1.807) is 12.3 Å². The Morgan fingerprint density at radius 2 is 1.96 bits per heavy atom. The van der Waals surface area contributed by atoms with Crippen LogP contribution in [-0.2, 0) is 14.8 Å². The van der Waals surface area contributed by atoms with Crippen molar-refractivity contribution in [2.45, 2.75) is 88.9 Å². The number of fused-ring (bicyclic) bond motifs is 5. The molecule has 1 saturated carbocycles. The van der Waals surface area contributed by atoms with Crippen molar-refractivity contribution in [3.8, 4) is 11.6 Å². The first kappa shape index (κ1) is 33.1. The second-order valence-corrected chi connectivity index (χ2v) is 15.3. The van der Waals surface area contributed by atoms with Crippen molar-refractivity contribution >= 4 is 27.6 Å². The zero-order valence-corrected chi connectivity index (χ0v) is 27.4. The number of carbonyl (C=O) groups is 1. The summed E-state index contributed by atoms with van der Waals surface area (Å²) >= 11 is 0. The Morgan fingerprint density at radius 1 is 1.19 bits per heavy atom. The highest BCUT2D eigenvalue weighted by atomic mass is 32.2. The molecule has 6 rings (SSSR count). The average molecular weight is 680 g/mol. The third kappa shape index (κ3) is 6.65. The summed E-state index contributed by atoms with van der Waals surface area (Å²) in [6, 6.07) is 4.32. The van der Waals surface area contributed by atoms with E-state index in [0.29, 0.717) is 24.7 Å². The van der Waals surface area contributed by atoms with Gasteiger partial charge in [-0.3, -0.25) is 4.79 Å². The number of ether oxygens (including phenoxy) is 1. The zero-order chi connectivity index (χ0) is 33.8. The minimum Gasteiger partial charge on any atom is -0.505 e. The molecule has 1 amide bonds. The fourth-order valence-corrected chi connectivity index (χ4v) is 7.94. The fraction of sp³-hybridized carbons (Fsp3) is 0.613. The molecule has 4 bridgehead atoms. The first-order valence-corrected chi connectivity index (χ1v) is 17.4. The Labute approximate surface area is 271 Å². The van der Waals surface area contributed by atoms with Crippen LogP contribution in [0.5, 0.6) is 11.6 Å². The number of nitrogens with zero attached hydrogens (tertiary/aromatic N) is 5. The minimum atomic E-state index is -4.56. The SMILES string of the molecule is CC1CC2=C(N=C1n1ccc(OCCCC3(C(F)(F)F)CC3)n1)N1C[C@@H](CCCNc3ccc(O)c(n3)S(=O)(=O)NC2=O)CC1(C)C. The highest BCUT2D eigenvalue weighted by Gasteiger charge is 2.62. The van der Waals surface area contributed by atoms with Crippen molar-refractivity contribution in [1.29, 1.82) is 0 Å². The number of sulfonamides is 1. The Balaban J connectivity index is 1.29. The number of alkyl halides is 3. The van der Waals surface area contributed by atoms with E-state index in [4.69, 9.17) is 9.73 Å². The number of amides is 1. The first-order valence-electron chi connectivity index (χ1n) is 15.9. The number of pyridine rings is 1. The molecule has 3 aliphatic heterocycles. The summed E-state index contributed by atoms with van der Waals surface area (Å²) in [5.74, 6) is -0.162. The minimum absolute atomic E-state index is 0.0138. The number of halogens is 3. The lowest BCUT2D eigenvalue weighted by molar-refractivity contribution is -0.189. The summed E-state index contributed by atoms with van der Waals surface area (Å²) in [4.78, 5) is 24.9. The van der Waals surface area contributed by atoms with E-state index in [2.05, 4.69) is 38.9 Å². The quantitative estimate of drug-likeness (QED) is 0.379. The van der Waals surface area contributed by atoms with Gasteiger partial charge in [-0.2, -0.15) is 21.6 Å². The van der Waals surface area contributed by atoms with Crippen LogP contribution >= 0.6 is 0 Å². The van der Waals surface area contributed by atoms with E-state index in [1.807, 2.05) is 6.92 Å². The molecule has 1 saturated heterocycles. The van der Waals surface area contributed by atoms with Crippen molar-refractivity contribution in [2.24, 2.45) is 22.2 Å². The molecule has 47 heavy (non-hydrogen) atoms. The van der Waals surface area contributed by atoms with Gasteiger partial charge in [0, 0.05) is 36.8 Å². The topological polar surface area (TPSA) is 151 Å². The van der Waals surface area contributed by atoms with E-state index in [0.717, 1.165) is 19.3 Å². The second-order valence-electron chi connectivity index (χ2n) is 13.7. The third-order valence-corrected chi connectivity index (χ3v) is 10.9. The van der Waals surface area contributed by atoms with E-state index in [1.165, 1.54) is 16.8 Å². The number of aromatic nitrogens is 3. The maximum absolute atomic E-state index is 13.8. The molecule has 2 atom stereocenters. The molecule has 5 heterocycles. The molecule has 0 aromatic carbocycles. The molecule has 0 spiro atoms. The molecule has 2 aromatic rings. The van der Waals surface area contributed by atoms with Crippen LogP contribution in [0.1, 0.15) is 72.1 Å². The standard InChI is InChI=1S/C31H40F3N7O5S/c1-19-16-21-26(37-25(19)41-14-9-24(38-41)46-15-5-10-30(11-12-30)31(32,33)34)40-18-20(17-29(40,2)3)6-4-13-35-23-8-7-22(42)28(36-23)47(44,45)39-27(21)43/h7-9,14,19-20,42H,4-6,10-13,15-18H2,1-3H3,(H,35,36)(H,39,43)/t19?,20-/m0/s1. The maximum atomic E-state index is 13.8. The fourth-order valence-electron chi connectivity index (χ4n) is 6.92. The van der Waals surface area contributed by atoms with Crippen LogP contribution in [0.3, 0.4) is 0 Å². The van der Waals surface area contributed by atoms with Gasteiger partial charge in [0.2, 0.25) is 10.9 Å². The Bertz CT molecular complexity index is 1720. The summed E-state index contributed by atoms with van der Waals surface area (Å²) in [5, 5.41) is 17.3. The van der Waals surface area contributed by atoms with Gasteiger partial charge in [-0.1, -0.05) is 6.92 Å². The second kappa shape index (κ2) is 12.0. The van der Waals surface area contributed by atoms with Gasteiger partial charge in [0.25, 0.3) is 15.9 Å². The molecule has 2 aromatic heterocycles. The van der Waals surface area contributed by atoms with Crippen LogP contribution in [0.2, 0.25) is 0 Å². The molecule has 1 unspecified atom stereocenters. The van der Waals surface area contributed by atoms with Crippen molar-refractivity contribution in [3.05, 3.63) is 35.8 Å². The van der Waals surface area contributed by atoms with Gasteiger partial charge < -0.3 is 20.1 Å². The molecule has 0 radical (unpaired) electrons. The number of hydrogen-bond acceptors (Lipinski definition) is 10. The Kier molecular flexibility index (Phi) is 8.46. The smallest absolute Gasteiger partial charge is 0.394 e. The van der Waals surface area contributed by atoms with E-state index >= 15 is 0 Å². The molecule has 12 nitrogen and oxygen atoms in total. The molecule has 4 aliphatic rings. The summed E-state index contributed by atoms with van der Waals surface area (Å²) < 4.78 is 75.8. The number of rotatable bonds is 5. The van der Waals surface area contributed by atoms with Crippen LogP contribution in [-0.4, -0.2) is 76.3 Å². The van der Waals surface area contributed by atoms with Gasteiger partial charge in [0.1, 0.15) is 17.5 Å². The first-order chi connectivity index (χ1) is 22.1. The van der Waals surface area contributed by atoms with Crippen molar-refractivity contribution in [2.75, 3.05) is 25.0 Å². The summed E-state index contributed by atoms with van der Waals surface area (Å²) in [6.45, 7) is 7.22. The van der Waals surface area contributed by atoms with Gasteiger partial charge in [0.05, 0.1) is 17.6 Å². The van der Waals surface area contributed by atoms with Crippen LogP contribution < -0.4 is 14.8 Å². The largest absolute Gasteiger partial charge is 0.505 e. The summed E-state index contributed by atoms with van der Waals surface area (Å²) in [7, 11) is -4.56. The van der Waals surface area contributed by atoms with Crippen molar-refractivity contribution in [1.82, 2.24) is 24.4 Å². The number of aliphatic imine (C=N–C) groups is 1. The van der Waals surface area contributed by atoms with Crippen LogP contribution in [0.15, 0.2) is 45.8 Å². The zero-order valence-electron chi connectivity index (χ0n) is 26.6. The molecule has 3 N–H and O–H groups in total. The lowest BCUT2D eigenvalue weighted by Gasteiger charge is -2.37. The summed E-state index contributed by atoms with van der Waals surface area (Å²) in [6.07, 6.45) is 0.669. The predicted molar refractivity (Wildman–Crippen MR) is 166 cm³/mol. The highest BCUT2D eigenvalue weighted by molar-refractivity contribution is 7.90. The lowest BCUT2D eigenvalue weighted by atomic mass is 9.92. The van der Waals surface area contributed by atoms with Crippen LogP contribution in [0.25, 0.3) is 0 Å². The lowest BCUT2D eigenvalue weighted by Crippen LogP contribution is -2.43. The molecule has 2 fully saturated rings. The van der Waals surface area contributed by atoms with E-state index in [-0.39, 0.29) is 67.8 Å². The predicted octanol–water partition coefficient (Wildman–Crippen LogP) is 4.79. The molecule has 256 valence electrons. The number of anilines is 1. The number of carbonyl (C=O) groups excluding carboxylic acids is 1. The van der Waals surface area contributed by atoms with Crippen molar-refractivity contribution < 1.29 is 36.2 Å². The van der Waals surface area contributed by atoms with Gasteiger partial charge >= 0.3 is 6.18 Å². The van der Waals surface area contributed by atoms with Gasteiger partial charge in [-0.05, 0) is 83.3 Å². The summed E-state index contributed by atoms with van der Waals surface area (Å²) in [5.41, 5.74) is -1.80. The van der Waals surface area contributed by atoms with Gasteiger partial charge in [0.15, 0.2) is 5.75 Å². The van der Waals surface area contributed by atoms with E-state index in [9.17, 15) is 31.5 Å². The maximum Gasteiger partial charge on any atom is 0.394 e. The average Bonchev–Trinajstić information content (AvgIpc) is 3.55. The van der Waals surface area contributed by atoms with E-state index < -0.39 is 43.8 Å². The molecular formula is C31H40F3N7O5S. The number of hydrogen-bond donors (Lipinski definition) is 3. The van der Waals surface area contributed by atoms with Gasteiger partial charge in [-0.25, -0.2) is 19.4 Å². The van der Waals surface area contributed by atoms with Gasteiger partial charge in [-0.15, -0.1) is 5.10 Å². The van der Waals surface area contributed by atoms with Crippen LogP contribution in [0.4, 0.5) is 19.0 Å². The number of nitrogens with one attached hydrogen (secondary N) is 2. The highest BCUT2D eigenvalue weighted by Crippen LogP contribution is 2.60. The molecular weight excluding hydrogens is 639 g/mol. The molecule has 16 heteroatoms. The Morgan fingerprint density at radius 3 is 2.68 bits per heavy atom. The number of aromatic hydroxyl groups is 1. The molecule has 1 aliphatic carbocycles. The van der Waals surface area contributed by atoms with Crippen LogP contribution in [0, 0.1) is 17.3 Å². The van der Waals surface area contributed by atoms with Crippen molar-refractivity contribution in [3.63, 3.8) is 0 Å². The normalized spacial score (nSPS) is 25.1.